The van der Waals surface area contributed by atoms with Crippen LogP contribution in [0.3, 0.4) is 0 Å². The molecule has 0 bridgehead atoms. The molecule has 2 heterocycles. The first kappa shape index (κ1) is 34.1. The van der Waals surface area contributed by atoms with Gasteiger partial charge in [-0.05, 0) is 43.7 Å². The molecule has 1 saturated heterocycles. The van der Waals surface area contributed by atoms with E-state index in [9.17, 15) is 9.59 Å². The van der Waals surface area contributed by atoms with E-state index in [0.29, 0.717) is 11.3 Å². The van der Waals surface area contributed by atoms with Crippen molar-refractivity contribution in [1.29, 1.82) is 0 Å². The Labute approximate surface area is 241 Å². The molecule has 0 unspecified atom stereocenters. The minimum Gasteiger partial charge on any atom is -0.388 e. The number of aliphatic imine (C=N–C) groups is 1. The molecule has 1 aromatic heterocycles. The van der Waals surface area contributed by atoms with Crippen LogP contribution in [0.25, 0.3) is 5.70 Å². The Bertz CT molecular complexity index is 1220. The highest BCUT2D eigenvalue weighted by Crippen LogP contribution is 2.18. The average Bonchev–Trinajstić information content (AvgIpc) is 2.95. The number of piperazine rings is 1. The first-order valence-electron chi connectivity index (χ1n) is 13.7. The largest absolute Gasteiger partial charge is 0.388 e. The van der Waals surface area contributed by atoms with Gasteiger partial charge in [0, 0.05) is 96.3 Å². The first-order valence-corrected chi connectivity index (χ1v) is 13.7. The van der Waals surface area contributed by atoms with Crippen LogP contribution in [0.1, 0.15) is 27.7 Å². The number of rotatable bonds is 11. The maximum absolute atomic E-state index is 12.7. The molecule has 1 N–H and O–H groups in total. The number of likely N-dealkylation sites (N-methyl/N-ethyl adjacent to an activating group) is 1. The number of hydrogen-bond donors (Lipinski definition) is 1. The predicted octanol–water partition coefficient (Wildman–Crippen LogP) is 4.68. The lowest BCUT2D eigenvalue weighted by Crippen LogP contribution is -2.45. The Morgan fingerprint density at radius 3 is 2.33 bits per heavy atom. The molecule has 1 aromatic rings. The maximum atomic E-state index is 12.7. The monoisotopic (exact) mass is 548 g/mol. The zero-order valence-corrected chi connectivity index (χ0v) is 25.7. The lowest BCUT2D eigenvalue weighted by atomic mass is 10.1. The molecule has 1 aliphatic rings. The normalized spacial score (nSPS) is 15.2. The molecule has 8 heteroatoms. The number of nitrogens with zero attached hydrogens (tertiary/aromatic N) is 5. The molecule has 2 rings (SSSR count). The van der Waals surface area contributed by atoms with E-state index in [1.54, 1.807) is 62.2 Å². The van der Waals surface area contributed by atoms with Crippen LogP contribution in [-0.2, 0) is 4.79 Å². The SMILES string of the molecule is C=C(/C=C(\C)CN1CCN(C(=C)/C=C\C(=C/C)C(=O)N(C)C)CC1)/C(=C\C=NC)n1ccc(NC)cc1=O.CC. The Hall–Kier alpha value is -3.91. The molecule has 1 fully saturated rings. The van der Waals surface area contributed by atoms with E-state index in [1.807, 2.05) is 51.1 Å². The van der Waals surface area contributed by atoms with Crippen molar-refractivity contribution in [2.24, 2.45) is 4.99 Å². The van der Waals surface area contributed by atoms with Crippen molar-refractivity contribution in [3.8, 4) is 0 Å². The van der Waals surface area contributed by atoms with Gasteiger partial charge >= 0.3 is 0 Å². The average molecular weight is 549 g/mol. The first-order chi connectivity index (χ1) is 19.1. The summed E-state index contributed by atoms with van der Waals surface area (Å²) in [7, 11) is 6.97. The molecule has 8 nitrogen and oxygen atoms in total. The third kappa shape index (κ3) is 10.3. The number of carbonyl (C=O) groups excluding carboxylic acids is 1. The minimum absolute atomic E-state index is 0.0231. The molecular weight excluding hydrogens is 500 g/mol. The summed E-state index contributed by atoms with van der Waals surface area (Å²) in [6, 6.07) is 3.41. The van der Waals surface area contributed by atoms with Gasteiger partial charge in [-0.15, -0.1) is 0 Å². The van der Waals surface area contributed by atoms with Crippen LogP contribution in [0.4, 0.5) is 5.69 Å². The van der Waals surface area contributed by atoms with Crippen molar-refractivity contribution >= 4 is 23.5 Å². The number of nitrogens with one attached hydrogen (secondary N) is 1. The van der Waals surface area contributed by atoms with Gasteiger partial charge in [0.2, 0.25) is 0 Å². The third-order valence-electron chi connectivity index (χ3n) is 6.27. The third-order valence-corrected chi connectivity index (χ3v) is 6.27. The summed E-state index contributed by atoms with van der Waals surface area (Å²) < 4.78 is 1.58. The summed E-state index contributed by atoms with van der Waals surface area (Å²) in [5, 5.41) is 2.99. The molecule has 0 spiro atoms. The van der Waals surface area contributed by atoms with Crippen molar-refractivity contribution in [2.75, 3.05) is 66.2 Å². The lowest BCUT2D eigenvalue weighted by molar-refractivity contribution is -0.124. The van der Waals surface area contributed by atoms with Crippen LogP contribution >= 0.6 is 0 Å². The van der Waals surface area contributed by atoms with Gasteiger partial charge in [-0.25, -0.2) is 0 Å². The topological polar surface area (TPSA) is 73.2 Å². The summed E-state index contributed by atoms with van der Waals surface area (Å²) in [6.45, 7) is 20.7. The highest BCUT2D eigenvalue weighted by atomic mass is 16.2. The van der Waals surface area contributed by atoms with Crippen LogP contribution in [-0.4, -0.2) is 92.3 Å². The van der Waals surface area contributed by atoms with Crippen molar-refractivity contribution in [3.05, 3.63) is 94.6 Å². The molecule has 0 aromatic carbocycles. The van der Waals surface area contributed by atoms with E-state index in [4.69, 9.17) is 0 Å². The number of amides is 1. The highest BCUT2D eigenvalue weighted by Gasteiger charge is 2.18. The number of carbonyl (C=O) groups is 1. The Kier molecular flexibility index (Phi) is 15.0. The van der Waals surface area contributed by atoms with Crippen molar-refractivity contribution < 1.29 is 4.79 Å². The summed E-state index contributed by atoms with van der Waals surface area (Å²) in [4.78, 5) is 35.2. The van der Waals surface area contributed by atoms with Gasteiger partial charge < -0.3 is 15.1 Å². The van der Waals surface area contributed by atoms with E-state index in [0.717, 1.165) is 55.3 Å². The second kappa shape index (κ2) is 17.6. The summed E-state index contributed by atoms with van der Waals surface area (Å²) in [5.41, 5.74) is 4.75. The molecule has 0 radical (unpaired) electrons. The molecule has 0 saturated carbocycles. The molecular formula is C32H48N6O2. The molecule has 0 atom stereocenters. The number of allylic oxidation sites excluding steroid dienone is 6. The van der Waals surface area contributed by atoms with Gasteiger partial charge in [0.15, 0.2) is 0 Å². The fourth-order valence-corrected chi connectivity index (χ4v) is 4.12. The molecule has 1 aliphatic heterocycles. The second-order valence-electron chi connectivity index (χ2n) is 9.38. The van der Waals surface area contributed by atoms with Crippen molar-refractivity contribution in [1.82, 2.24) is 19.3 Å². The van der Waals surface area contributed by atoms with Crippen LogP contribution in [0.5, 0.6) is 0 Å². The van der Waals surface area contributed by atoms with Crippen LogP contribution in [0.2, 0.25) is 0 Å². The van der Waals surface area contributed by atoms with Gasteiger partial charge in [-0.2, -0.15) is 0 Å². The molecule has 218 valence electrons. The van der Waals surface area contributed by atoms with Gasteiger partial charge in [-0.3, -0.25) is 24.0 Å². The molecule has 40 heavy (non-hydrogen) atoms. The Morgan fingerprint density at radius 1 is 1.15 bits per heavy atom. The van der Waals surface area contributed by atoms with Gasteiger partial charge in [-0.1, -0.05) is 44.7 Å². The number of hydrogen-bond acceptors (Lipinski definition) is 6. The zero-order chi connectivity index (χ0) is 30.2. The maximum Gasteiger partial charge on any atom is 0.257 e. The lowest BCUT2D eigenvalue weighted by Gasteiger charge is -2.36. The van der Waals surface area contributed by atoms with Gasteiger partial charge in [0.05, 0.1) is 5.70 Å². The van der Waals surface area contributed by atoms with Gasteiger partial charge in [0.25, 0.3) is 11.5 Å². The summed E-state index contributed by atoms with van der Waals surface area (Å²) >= 11 is 0. The van der Waals surface area contributed by atoms with Crippen LogP contribution < -0.4 is 10.9 Å². The summed E-state index contributed by atoms with van der Waals surface area (Å²) in [5.74, 6) is -0.0231. The van der Waals surface area contributed by atoms with Crippen molar-refractivity contribution in [3.63, 3.8) is 0 Å². The highest BCUT2D eigenvalue weighted by molar-refractivity contribution is 5.95. The smallest absolute Gasteiger partial charge is 0.257 e. The predicted molar refractivity (Wildman–Crippen MR) is 172 cm³/mol. The van der Waals surface area contributed by atoms with Gasteiger partial charge in [0.1, 0.15) is 0 Å². The molecule has 1 amide bonds. The van der Waals surface area contributed by atoms with E-state index in [-0.39, 0.29) is 11.5 Å². The Balaban J connectivity index is 0.00000391. The Morgan fingerprint density at radius 2 is 1.80 bits per heavy atom. The quantitative estimate of drug-likeness (QED) is 0.247. The number of anilines is 1. The minimum atomic E-state index is -0.141. The van der Waals surface area contributed by atoms with Crippen LogP contribution in [0.15, 0.2) is 94.1 Å². The number of pyridine rings is 1. The fraction of sp³-hybridized carbons (Fsp3) is 0.406. The van der Waals surface area contributed by atoms with E-state index in [2.05, 4.69) is 40.2 Å². The standard InChI is InChI=1S/C30H42N6O2.C2H6/c1-9-26(30(38)33(7)8)11-10-25(4)35-18-16-34(17-19-35)22-23(2)20-24(3)28(12-14-31-5)36-15-13-27(32-6)21-29(36)37;1-2/h9-15,20-21,32H,3-4,16-19,22H2,1-2,5-8H3;1-2H3/b11-10-,23-20+,26-9+,28-12+,31-14?;. The molecule has 0 aliphatic carbocycles. The van der Waals surface area contributed by atoms with E-state index < -0.39 is 0 Å². The van der Waals surface area contributed by atoms with E-state index in [1.165, 1.54) is 0 Å². The number of aromatic nitrogens is 1. The van der Waals surface area contributed by atoms with Crippen molar-refractivity contribution in [2.45, 2.75) is 27.7 Å². The van der Waals surface area contributed by atoms with Crippen LogP contribution in [0, 0.1) is 0 Å². The second-order valence-corrected chi connectivity index (χ2v) is 9.38. The fourth-order valence-electron chi connectivity index (χ4n) is 4.12. The van der Waals surface area contributed by atoms with E-state index >= 15 is 0 Å². The zero-order valence-electron chi connectivity index (χ0n) is 25.7. The summed E-state index contributed by atoms with van der Waals surface area (Å²) in [6.07, 6.45) is 12.8.